The van der Waals surface area contributed by atoms with Crippen molar-refractivity contribution in [3.05, 3.63) is 53.6 Å². The lowest BCUT2D eigenvalue weighted by Crippen LogP contribution is -2.21. The van der Waals surface area contributed by atoms with Gasteiger partial charge in [-0.1, -0.05) is 6.07 Å². The average molecular weight is 377 g/mol. The number of carbonyl (C=O) groups excluding carboxylic acids is 2. The highest BCUT2D eigenvalue weighted by molar-refractivity contribution is 6.03. The zero-order valence-corrected chi connectivity index (χ0v) is 16.5. The zero-order chi connectivity index (χ0) is 19.7. The van der Waals surface area contributed by atoms with Crippen molar-refractivity contribution in [3.8, 4) is 0 Å². The van der Waals surface area contributed by atoms with Gasteiger partial charge in [0.2, 0.25) is 11.8 Å². The van der Waals surface area contributed by atoms with Gasteiger partial charge in [-0.15, -0.1) is 0 Å². The number of aryl methyl sites for hydroxylation is 2. The van der Waals surface area contributed by atoms with Crippen LogP contribution < -0.4 is 15.5 Å². The number of anilines is 3. The second-order valence-electron chi connectivity index (χ2n) is 8.04. The van der Waals surface area contributed by atoms with Crippen molar-refractivity contribution in [2.24, 2.45) is 11.8 Å². The first-order valence-electron chi connectivity index (χ1n) is 10.0. The minimum Gasteiger partial charge on any atom is -0.372 e. The topological polar surface area (TPSA) is 61.4 Å². The number of amides is 2. The molecular formula is C23H27N3O2. The van der Waals surface area contributed by atoms with Crippen molar-refractivity contribution >= 4 is 28.9 Å². The van der Waals surface area contributed by atoms with Crippen molar-refractivity contribution in [3.63, 3.8) is 0 Å². The van der Waals surface area contributed by atoms with Crippen LogP contribution in [-0.2, 0) is 9.59 Å². The summed E-state index contributed by atoms with van der Waals surface area (Å²) in [5, 5.41) is 5.90. The Bertz CT molecular complexity index is 865. The number of nitrogens with one attached hydrogen (secondary N) is 2. The summed E-state index contributed by atoms with van der Waals surface area (Å²) in [6.07, 6.45) is 3.09. The lowest BCUT2D eigenvalue weighted by molar-refractivity contribution is -0.122. The average Bonchev–Trinajstić information content (AvgIpc) is 3.28. The van der Waals surface area contributed by atoms with E-state index in [9.17, 15) is 9.59 Å². The van der Waals surface area contributed by atoms with Gasteiger partial charge in [0.25, 0.3) is 0 Å². The fourth-order valence-corrected chi connectivity index (χ4v) is 4.02. The first kappa shape index (κ1) is 18.5. The predicted molar refractivity (Wildman–Crippen MR) is 113 cm³/mol. The van der Waals surface area contributed by atoms with Gasteiger partial charge in [0.1, 0.15) is 0 Å². The molecule has 0 aromatic heterocycles. The van der Waals surface area contributed by atoms with E-state index in [1.165, 1.54) is 18.5 Å². The van der Waals surface area contributed by atoms with Crippen molar-refractivity contribution in [2.75, 3.05) is 28.6 Å². The van der Waals surface area contributed by atoms with Crippen LogP contribution in [0, 0.1) is 25.7 Å². The summed E-state index contributed by atoms with van der Waals surface area (Å²) in [6.45, 7) is 6.21. The van der Waals surface area contributed by atoms with E-state index in [0.717, 1.165) is 35.6 Å². The SMILES string of the molecule is Cc1cc(C)cc(NC(=O)C2CC2C(=O)Nc2ccc(N3CCCC3)cc2)c1. The molecule has 1 aliphatic carbocycles. The third kappa shape index (κ3) is 4.19. The van der Waals surface area contributed by atoms with Crippen LogP contribution in [0.2, 0.25) is 0 Å². The molecule has 2 atom stereocenters. The maximum Gasteiger partial charge on any atom is 0.228 e. The highest BCUT2D eigenvalue weighted by atomic mass is 16.2. The summed E-state index contributed by atoms with van der Waals surface area (Å²) in [5.41, 5.74) is 5.00. The van der Waals surface area contributed by atoms with Crippen LogP contribution >= 0.6 is 0 Å². The van der Waals surface area contributed by atoms with Gasteiger partial charge >= 0.3 is 0 Å². The molecule has 2 aromatic rings. The molecule has 2 unspecified atom stereocenters. The van der Waals surface area contributed by atoms with Crippen molar-refractivity contribution in [1.82, 2.24) is 0 Å². The minimum absolute atomic E-state index is 0.0745. The van der Waals surface area contributed by atoms with Gasteiger partial charge in [-0.3, -0.25) is 9.59 Å². The molecule has 5 heteroatoms. The summed E-state index contributed by atoms with van der Waals surface area (Å²) in [5.74, 6) is -0.641. The highest BCUT2D eigenvalue weighted by Gasteiger charge is 2.48. The molecule has 1 saturated carbocycles. The van der Waals surface area contributed by atoms with Crippen LogP contribution in [0.5, 0.6) is 0 Å². The smallest absolute Gasteiger partial charge is 0.228 e. The largest absolute Gasteiger partial charge is 0.372 e. The summed E-state index contributed by atoms with van der Waals surface area (Å²) < 4.78 is 0. The Morgan fingerprint density at radius 3 is 1.93 bits per heavy atom. The van der Waals surface area contributed by atoms with Crippen LogP contribution in [0.4, 0.5) is 17.1 Å². The molecule has 0 radical (unpaired) electrons. The molecule has 2 amide bonds. The van der Waals surface area contributed by atoms with E-state index in [4.69, 9.17) is 0 Å². The molecule has 1 heterocycles. The molecule has 0 spiro atoms. The van der Waals surface area contributed by atoms with E-state index in [0.29, 0.717) is 6.42 Å². The van der Waals surface area contributed by atoms with Gasteiger partial charge in [-0.05, 0) is 80.6 Å². The number of nitrogens with zero attached hydrogens (tertiary/aromatic N) is 1. The minimum atomic E-state index is -0.246. The third-order valence-corrected chi connectivity index (χ3v) is 5.56. The maximum absolute atomic E-state index is 12.5. The molecule has 2 aromatic carbocycles. The van der Waals surface area contributed by atoms with E-state index in [-0.39, 0.29) is 23.7 Å². The molecule has 2 N–H and O–H groups in total. The Labute approximate surface area is 166 Å². The Morgan fingerprint density at radius 2 is 1.36 bits per heavy atom. The highest BCUT2D eigenvalue weighted by Crippen LogP contribution is 2.40. The standard InChI is InChI=1S/C23H27N3O2/c1-15-11-16(2)13-18(12-15)25-23(28)21-14-20(21)22(27)24-17-5-7-19(8-6-17)26-9-3-4-10-26/h5-8,11-13,20-21H,3-4,9-10,14H2,1-2H3,(H,24,27)(H,25,28). The van der Waals surface area contributed by atoms with E-state index in [1.54, 1.807) is 0 Å². The number of hydrogen-bond donors (Lipinski definition) is 2. The van der Waals surface area contributed by atoms with Gasteiger partial charge in [0, 0.05) is 30.2 Å². The molecule has 146 valence electrons. The first-order chi connectivity index (χ1) is 13.5. The first-order valence-corrected chi connectivity index (χ1v) is 10.0. The van der Waals surface area contributed by atoms with Crippen molar-refractivity contribution in [2.45, 2.75) is 33.1 Å². The van der Waals surface area contributed by atoms with Gasteiger partial charge in [-0.2, -0.15) is 0 Å². The summed E-state index contributed by atoms with van der Waals surface area (Å²) in [7, 11) is 0. The van der Waals surface area contributed by atoms with E-state index < -0.39 is 0 Å². The molecule has 5 nitrogen and oxygen atoms in total. The number of carbonyl (C=O) groups is 2. The monoisotopic (exact) mass is 377 g/mol. The zero-order valence-electron chi connectivity index (χ0n) is 16.5. The molecule has 2 aliphatic rings. The Balaban J connectivity index is 1.30. The Hall–Kier alpha value is -2.82. The van der Waals surface area contributed by atoms with Gasteiger partial charge in [-0.25, -0.2) is 0 Å². The van der Waals surface area contributed by atoms with Crippen LogP contribution in [0.3, 0.4) is 0 Å². The molecule has 28 heavy (non-hydrogen) atoms. The fraction of sp³-hybridized carbons (Fsp3) is 0.391. The summed E-state index contributed by atoms with van der Waals surface area (Å²) >= 11 is 0. The van der Waals surface area contributed by atoms with E-state index in [2.05, 4.69) is 33.7 Å². The third-order valence-electron chi connectivity index (χ3n) is 5.56. The van der Waals surface area contributed by atoms with Crippen LogP contribution in [0.15, 0.2) is 42.5 Å². The summed E-state index contributed by atoms with van der Waals surface area (Å²) in [4.78, 5) is 27.3. The van der Waals surface area contributed by atoms with Crippen molar-refractivity contribution < 1.29 is 9.59 Å². The number of benzene rings is 2. The molecule has 0 bridgehead atoms. The van der Waals surface area contributed by atoms with Gasteiger partial charge in [0.05, 0.1) is 11.8 Å². The Kier molecular flexibility index (Phi) is 5.07. The lowest BCUT2D eigenvalue weighted by atomic mass is 10.1. The van der Waals surface area contributed by atoms with Gasteiger partial charge < -0.3 is 15.5 Å². The van der Waals surface area contributed by atoms with Crippen LogP contribution in [0.1, 0.15) is 30.4 Å². The summed E-state index contributed by atoms with van der Waals surface area (Å²) in [6, 6.07) is 14.0. The van der Waals surface area contributed by atoms with E-state index in [1.807, 2.05) is 38.1 Å². The molecule has 2 fully saturated rings. The van der Waals surface area contributed by atoms with Crippen LogP contribution in [0.25, 0.3) is 0 Å². The van der Waals surface area contributed by atoms with Crippen LogP contribution in [-0.4, -0.2) is 24.9 Å². The second kappa shape index (κ2) is 7.66. The number of hydrogen-bond acceptors (Lipinski definition) is 3. The normalized spacial score (nSPS) is 20.7. The van der Waals surface area contributed by atoms with Crippen molar-refractivity contribution in [1.29, 1.82) is 0 Å². The number of rotatable bonds is 5. The predicted octanol–water partition coefficient (Wildman–Crippen LogP) is 4.12. The molecule has 1 aliphatic heterocycles. The second-order valence-corrected chi connectivity index (χ2v) is 8.04. The molecular weight excluding hydrogens is 350 g/mol. The maximum atomic E-state index is 12.5. The van der Waals surface area contributed by atoms with E-state index >= 15 is 0 Å². The fourth-order valence-electron chi connectivity index (χ4n) is 4.02. The lowest BCUT2D eigenvalue weighted by Gasteiger charge is -2.17. The quantitative estimate of drug-likeness (QED) is 0.824. The molecule has 4 rings (SSSR count). The molecule has 1 saturated heterocycles. The van der Waals surface area contributed by atoms with Gasteiger partial charge in [0.15, 0.2) is 0 Å². The Morgan fingerprint density at radius 1 is 0.821 bits per heavy atom.